The minimum atomic E-state index is -0.502. The van der Waals surface area contributed by atoms with E-state index in [1.807, 2.05) is 39.8 Å². The highest BCUT2D eigenvalue weighted by atomic mass is 35.5. The summed E-state index contributed by atoms with van der Waals surface area (Å²) in [7, 11) is -0.502. The molecule has 0 spiro atoms. The topological polar surface area (TPSA) is 66.0 Å². The summed E-state index contributed by atoms with van der Waals surface area (Å²) >= 11 is 6.53. The van der Waals surface area contributed by atoms with Gasteiger partial charge in [-0.25, -0.2) is 0 Å². The van der Waals surface area contributed by atoms with Crippen molar-refractivity contribution in [3.8, 4) is 5.75 Å². The maximum Gasteiger partial charge on any atom is 0.496 e. The molecule has 0 radical (unpaired) electrons. The first-order valence-corrected chi connectivity index (χ1v) is 13.1. The van der Waals surface area contributed by atoms with Gasteiger partial charge < -0.3 is 24.1 Å². The van der Waals surface area contributed by atoms with Crippen molar-refractivity contribution in [1.82, 2.24) is 5.32 Å². The Hall–Kier alpha value is -1.28. The number of hydrogen-bond donors (Lipinski definition) is 1. The van der Waals surface area contributed by atoms with E-state index in [1.54, 1.807) is 6.07 Å². The third kappa shape index (κ3) is 7.13. The highest BCUT2D eigenvalue weighted by Gasteiger charge is 2.52. The fourth-order valence-electron chi connectivity index (χ4n) is 4.28. The summed E-state index contributed by atoms with van der Waals surface area (Å²) < 4.78 is 23.8. The molecule has 1 aliphatic heterocycles. The standard InChI is InChI=1S/C26H41BClNO5/c1-18(2)16-23(24(30)32-19-10-7-8-11-19)29-14-9-15-31-20-12-13-21(22(28)17-20)27-33-25(3,4)26(5,6)34-27/h12-13,17-19,23,29H,7-11,14-16H2,1-6H3/t23-/m0/s1. The molecule has 2 aliphatic rings. The van der Waals surface area contributed by atoms with Crippen molar-refractivity contribution in [2.75, 3.05) is 13.2 Å². The third-order valence-corrected chi connectivity index (χ3v) is 7.36. The van der Waals surface area contributed by atoms with Gasteiger partial charge in [-0.3, -0.25) is 4.79 Å². The molecular weight excluding hydrogens is 453 g/mol. The van der Waals surface area contributed by atoms with Gasteiger partial charge in [0.1, 0.15) is 17.9 Å². The van der Waals surface area contributed by atoms with Crippen molar-refractivity contribution in [2.45, 2.75) is 103 Å². The molecule has 1 saturated heterocycles. The van der Waals surface area contributed by atoms with Gasteiger partial charge in [0, 0.05) is 10.5 Å². The molecule has 2 fully saturated rings. The quantitative estimate of drug-likeness (QED) is 0.269. The van der Waals surface area contributed by atoms with Crippen molar-refractivity contribution in [3.05, 3.63) is 23.2 Å². The van der Waals surface area contributed by atoms with E-state index in [2.05, 4.69) is 19.2 Å². The van der Waals surface area contributed by atoms with Crippen LogP contribution in [-0.2, 0) is 18.8 Å². The fraction of sp³-hybridized carbons (Fsp3) is 0.731. The first kappa shape index (κ1) is 27.3. The molecule has 34 heavy (non-hydrogen) atoms. The van der Waals surface area contributed by atoms with Gasteiger partial charge in [0.25, 0.3) is 0 Å². The first-order chi connectivity index (χ1) is 16.0. The molecule has 1 aliphatic carbocycles. The summed E-state index contributed by atoms with van der Waals surface area (Å²) in [5.41, 5.74) is -0.0353. The molecule has 190 valence electrons. The van der Waals surface area contributed by atoms with E-state index >= 15 is 0 Å². The lowest BCUT2D eigenvalue weighted by Crippen LogP contribution is -2.41. The molecule has 0 bridgehead atoms. The van der Waals surface area contributed by atoms with Crippen LogP contribution >= 0.6 is 11.6 Å². The van der Waals surface area contributed by atoms with Crippen molar-refractivity contribution in [2.24, 2.45) is 5.92 Å². The molecule has 6 nitrogen and oxygen atoms in total. The van der Waals surface area contributed by atoms with Gasteiger partial charge in [-0.15, -0.1) is 0 Å². The van der Waals surface area contributed by atoms with E-state index in [4.69, 9.17) is 30.4 Å². The lowest BCUT2D eigenvalue weighted by atomic mass is 9.79. The van der Waals surface area contributed by atoms with E-state index in [0.29, 0.717) is 29.8 Å². The van der Waals surface area contributed by atoms with Crippen molar-refractivity contribution in [3.63, 3.8) is 0 Å². The Labute approximate surface area is 210 Å². The summed E-state index contributed by atoms with van der Waals surface area (Å²) in [6, 6.07) is 5.32. The number of ether oxygens (including phenoxy) is 2. The molecule has 0 aromatic heterocycles. The molecule has 0 amide bonds. The molecule has 1 heterocycles. The smallest absolute Gasteiger partial charge is 0.493 e. The number of hydrogen-bond acceptors (Lipinski definition) is 6. The van der Waals surface area contributed by atoms with Gasteiger partial charge in [0.15, 0.2) is 0 Å². The number of nitrogens with one attached hydrogen (secondary N) is 1. The molecule has 3 rings (SSSR count). The first-order valence-electron chi connectivity index (χ1n) is 12.7. The highest BCUT2D eigenvalue weighted by molar-refractivity contribution is 6.65. The number of rotatable bonds is 11. The van der Waals surface area contributed by atoms with Crippen LogP contribution in [0, 0.1) is 5.92 Å². The number of esters is 1. The van der Waals surface area contributed by atoms with E-state index in [0.717, 1.165) is 44.0 Å². The Morgan fingerprint density at radius 1 is 1.18 bits per heavy atom. The minimum Gasteiger partial charge on any atom is -0.493 e. The summed E-state index contributed by atoms with van der Waals surface area (Å²) in [6.45, 7) is 13.5. The van der Waals surface area contributed by atoms with Crippen LogP contribution < -0.4 is 15.5 Å². The summed E-state index contributed by atoms with van der Waals surface area (Å²) in [4.78, 5) is 12.6. The van der Waals surface area contributed by atoms with Gasteiger partial charge in [-0.2, -0.15) is 0 Å². The van der Waals surface area contributed by atoms with Gasteiger partial charge in [-0.05, 0) is 90.8 Å². The van der Waals surface area contributed by atoms with Gasteiger partial charge in [-0.1, -0.05) is 31.5 Å². The van der Waals surface area contributed by atoms with Crippen LogP contribution in [0.1, 0.15) is 80.1 Å². The number of carbonyl (C=O) groups excluding carboxylic acids is 1. The third-order valence-electron chi connectivity index (χ3n) is 7.04. The monoisotopic (exact) mass is 493 g/mol. The SMILES string of the molecule is CC(C)C[C@H](NCCCOc1ccc(B2OC(C)(C)C(C)(C)O2)c(Cl)c1)C(=O)OC1CCCC1. The number of carbonyl (C=O) groups is 1. The van der Waals surface area contributed by atoms with Crippen LogP contribution in [0.5, 0.6) is 5.75 Å². The van der Waals surface area contributed by atoms with Crippen LogP contribution in [0.15, 0.2) is 18.2 Å². The predicted octanol–water partition coefficient (Wildman–Crippen LogP) is 4.90. The molecule has 1 saturated carbocycles. The molecule has 8 heteroatoms. The van der Waals surface area contributed by atoms with Crippen LogP contribution in [0.25, 0.3) is 0 Å². The van der Waals surface area contributed by atoms with Crippen molar-refractivity contribution >= 4 is 30.2 Å². The zero-order chi connectivity index (χ0) is 24.9. The molecule has 1 aromatic rings. The normalized spacial score (nSPS) is 20.6. The van der Waals surface area contributed by atoms with E-state index in [9.17, 15) is 4.79 Å². The molecule has 1 atom stereocenters. The van der Waals surface area contributed by atoms with Crippen LogP contribution in [0.2, 0.25) is 5.02 Å². The lowest BCUT2D eigenvalue weighted by molar-refractivity contribution is -0.151. The second-order valence-electron chi connectivity index (χ2n) is 11.0. The van der Waals surface area contributed by atoms with Crippen molar-refractivity contribution < 1.29 is 23.6 Å². The Morgan fingerprint density at radius 2 is 1.82 bits per heavy atom. The number of halogens is 1. The molecule has 1 N–H and O–H groups in total. The van der Waals surface area contributed by atoms with E-state index in [1.165, 1.54) is 0 Å². The summed E-state index contributed by atoms with van der Waals surface area (Å²) in [5.74, 6) is 0.991. The second-order valence-corrected chi connectivity index (χ2v) is 11.4. The summed E-state index contributed by atoms with van der Waals surface area (Å²) in [6.07, 6.45) is 5.91. The largest absolute Gasteiger partial charge is 0.496 e. The Balaban J connectivity index is 1.44. The zero-order valence-corrected chi connectivity index (χ0v) is 22.4. The van der Waals surface area contributed by atoms with Crippen LogP contribution in [-0.4, -0.2) is 49.6 Å². The average molecular weight is 494 g/mol. The Kier molecular flexibility index (Phi) is 9.35. The highest BCUT2D eigenvalue weighted by Crippen LogP contribution is 2.37. The van der Waals surface area contributed by atoms with Crippen molar-refractivity contribution in [1.29, 1.82) is 0 Å². The van der Waals surface area contributed by atoms with Crippen LogP contribution in [0.4, 0.5) is 0 Å². The maximum absolute atomic E-state index is 12.6. The molecule has 0 unspecified atom stereocenters. The average Bonchev–Trinajstić information content (AvgIpc) is 3.31. The zero-order valence-electron chi connectivity index (χ0n) is 21.6. The Morgan fingerprint density at radius 3 is 2.41 bits per heavy atom. The molecular formula is C26H41BClNO5. The lowest BCUT2D eigenvalue weighted by Gasteiger charge is -2.32. The summed E-state index contributed by atoms with van der Waals surface area (Å²) in [5, 5.41) is 3.93. The number of benzene rings is 1. The van der Waals surface area contributed by atoms with Crippen LogP contribution in [0.3, 0.4) is 0 Å². The second kappa shape index (κ2) is 11.6. The van der Waals surface area contributed by atoms with Gasteiger partial charge in [0.05, 0.1) is 17.8 Å². The van der Waals surface area contributed by atoms with E-state index in [-0.39, 0.29) is 18.1 Å². The van der Waals surface area contributed by atoms with Gasteiger partial charge >= 0.3 is 13.1 Å². The Bertz CT molecular complexity index is 809. The fourth-order valence-corrected chi connectivity index (χ4v) is 4.54. The van der Waals surface area contributed by atoms with Gasteiger partial charge in [0.2, 0.25) is 0 Å². The predicted molar refractivity (Wildman–Crippen MR) is 137 cm³/mol. The molecule has 1 aromatic carbocycles. The minimum absolute atomic E-state index is 0.0946. The maximum atomic E-state index is 12.6. The van der Waals surface area contributed by atoms with E-state index < -0.39 is 18.3 Å².